The Hall–Kier alpha value is -0.810. The van der Waals surface area contributed by atoms with Gasteiger partial charge in [-0.25, -0.2) is 4.79 Å². The molecule has 1 N–H and O–H groups in total. The first kappa shape index (κ1) is 12.3. The normalized spacial score (nSPS) is 19.6. The maximum atomic E-state index is 11.0. The van der Waals surface area contributed by atoms with Crippen molar-refractivity contribution in [2.24, 2.45) is 0 Å². The summed E-state index contributed by atoms with van der Waals surface area (Å²) in [6.07, 6.45) is 1.17. The van der Waals surface area contributed by atoms with Crippen LogP contribution in [-0.4, -0.2) is 38.2 Å². The Balaban J connectivity index is 2.15. The van der Waals surface area contributed by atoms with Gasteiger partial charge in [0.2, 0.25) is 0 Å². The van der Waals surface area contributed by atoms with E-state index in [9.17, 15) is 4.79 Å². The van der Waals surface area contributed by atoms with Crippen LogP contribution < -0.4 is 5.32 Å². The fourth-order valence-corrected chi connectivity index (χ4v) is 1.39. The van der Waals surface area contributed by atoms with Gasteiger partial charge in [-0.2, -0.15) is 0 Å². The lowest BCUT2D eigenvalue weighted by Gasteiger charge is -2.33. The quantitative estimate of drug-likeness (QED) is 0.770. The highest BCUT2D eigenvalue weighted by molar-refractivity contribution is 5.66. The number of amides is 1. The highest BCUT2D eigenvalue weighted by Crippen LogP contribution is 2.21. The van der Waals surface area contributed by atoms with Gasteiger partial charge >= 0.3 is 6.09 Å². The topological polar surface area (TPSA) is 56.8 Å². The van der Waals surface area contributed by atoms with Crippen LogP contribution in [0.15, 0.2) is 0 Å². The number of hydrogen-bond donors (Lipinski definition) is 1. The second-order valence-electron chi connectivity index (χ2n) is 3.58. The van der Waals surface area contributed by atoms with Crippen molar-refractivity contribution < 1.29 is 19.0 Å². The lowest BCUT2D eigenvalue weighted by molar-refractivity contribution is -0.257. The molecule has 1 aliphatic rings. The van der Waals surface area contributed by atoms with Crippen molar-refractivity contribution in [3.63, 3.8) is 0 Å². The lowest BCUT2D eigenvalue weighted by atomic mass is 10.2. The van der Waals surface area contributed by atoms with E-state index in [2.05, 4.69) is 5.32 Å². The molecule has 0 aromatic rings. The molecule has 5 heteroatoms. The van der Waals surface area contributed by atoms with Crippen molar-refractivity contribution in [3.8, 4) is 0 Å². The molecule has 0 spiro atoms. The van der Waals surface area contributed by atoms with Gasteiger partial charge in [0, 0.05) is 13.0 Å². The summed E-state index contributed by atoms with van der Waals surface area (Å²) in [6.45, 7) is 5.98. The zero-order valence-corrected chi connectivity index (χ0v) is 9.38. The Morgan fingerprint density at radius 1 is 1.47 bits per heavy atom. The van der Waals surface area contributed by atoms with E-state index in [1.165, 1.54) is 0 Å². The summed E-state index contributed by atoms with van der Waals surface area (Å²) in [5.74, 6) is -0.558. The SMILES string of the molecule is CCOC(=O)NCCC1(C)OCCCO1. The molecule has 0 unspecified atom stereocenters. The molecular weight excluding hydrogens is 198 g/mol. The van der Waals surface area contributed by atoms with Gasteiger partial charge in [0.15, 0.2) is 5.79 Å². The minimum Gasteiger partial charge on any atom is -0.450 e. The average Bonchev–Trinajstić information content (AvgIpc) is 2.19. The fraction of sp³-hybridized carbons (Fsp3) is 0.900. The molecule has 0 aromatic heterocycles. The number of hydrogen-bond acceptors (Lipinski definition) is 4. The van der Waals surface area contributed by atoms with Gasteiger partial charge in [0.1, 0.15) is 0 Å². The highest BCUT2D eigenvalue weighted by Gasteiger charge is 2.28. The maximum Gasteiger partial charge on any atom is 0.407 e. The molecule has 5 nitrogen and oxygen atoms in total. The molecule has 1 heterocycles. The minimum absolute atomic E-state index is 0.385. The molecule has 15 heavy (non-hydrogen) atoms. The second kappa shape index (κ2) is 5.92. The highest BCUT2D eigenvalue weighted by atomic mass is 16.7. The maximum absolute atomic E-state index is 11.0. The van der Waals surface area contributed by atoms with Gasteiger partial charge in [-0.1, -0.05) is 0 Å². The van der Waals surface area contributed by atoms with Crippen LogP contribution in [0.25, 0.3) is 0 Å². The van der Waals surface area contributed by atoms with Crippen molar-refractivity contribution in [2.75, 3.05) is 26.4 Å². The number of alkyl carbamates (subject to hydrolysis) is 1. The summed E-state index contributed by atoms with van der Waals surface area (Å²) in [4.78, 5) is 11.0. The second-order valence-corrected chi connectivity index (χ2v) is 3.58. The summed E-state index contributed by atoms with van der Waals surface area (Å²) >= 11 is 0. The van der Waals surface area contributed by atoms with Crippen LogP contribution in [0, 0.1) is 0 Å². The van der Waals surface area contributed by atoms with Crippen molar-refractivity contribution in [1.29, 1.82) is 0 Å². The van der Waals surface area contributed by atoms with E-state index in [1.807, 2.05) is 6.92 Å². The van der Waals surface area contributed by atoms with E-state index in [0.29, 0.717) is 19.6 Å². The van der Waals surface area contributed by atoms with Gasteiger partial charge in [0.05, 0.1) is 19.8 Å². The van der Waals surface area contributed by atoms with Crippen LogP contribution >= 0.6 is 0 Å². The molecule has 0 aliphatic carbocycles. The number of nitrogens with one attached hydrogen (secondary N) is 1. The molecule has 1 rings (SSSR count). The van der Waals surface area contributed by atoms with Crippen molar-refractivity contribution >= 4 is 6.09 Å². The molecule has 0 saturated carbocycles. The summed E-state index contributed by atoms with van der Waals surface area (Å²) in [6, 6.07) is 0. The summed E-state index contributed by atoms with van der Waals surface area (Å²) in [7, 11) is 0. The molecule has 1 saturated heterocycles. The van der Waals surface area contributed by atoms with E-state index >= 15 is 0 Å². The molecule has 0 radical (unpaired) electrons. The van der Waals surface area contributed by atoms with Gasteiger partial charge in [0.25, 0.3) is 0 Å². The van der Waals surface area contributed by atoms with Crippen LogP contribution in [0.5, 0.6) is 0 Å². The molecule has 1 amide bonds. The van der Waals surface area contributed by atoms with Crippen LogP contribution in [0.4, 0.5) is 4.79 Å². The first-order chi connectivity index (χ1) is 7.16. The Kier molecular flexibility index (Phi) is 4.84. The zero-order chi connectivity index (χ0) is 11.1. The third-order valence-corrected chi connectivity index (χ3v) is 2.23. The van der Waals surface area contributed by atoms with E-state index in [1.54, 1.807) is 6.92 Å². The van der Waals surface area contributed by atoms with Crippen LogP contribution in [-0.2, 0) is 14.2 Å². The largest absolute Gasteiger partial charge is 0.450 e. The van der Waals surface area contributed by atoms with Crippen LogP contribution in [0.2, 0.25) is 0 Å². The van der Waals surface area contributed by atoms with Gasteiger partial charge in [-0.15, -0.1) is 0 Å². The number of ether oxygens (including phenoxy) is 3. The average molecular weight is 217 g/mol. The molecule has 0 aromatic carbocycles. The summed E-state index contributed by atoms with van der Waals surface area (Å²) in [5, 5.41) is 2.63. The Morgan fingerprint density at radius 2 is 2.13 bits per heavy atom. The van der Waals surface area contributed by atoms with Crippen molar-refractivity contribution in [2.45, 2.75) is 32.5 Å². The van der Waals surface area contributed by atoms with Gasteiger partial charge in [-0.05, 0) is 20.3 Å². The monoisotopic (exact) mass is 217 g/mol. The Bertz CT molecular complexity index is 202. The Labute approximate surface area is 90.1 Å². The third-order valence-electron chi connectivity index (χ3n) is 2.23. The van der Waals surface area contributed by atoms with E-state index in [-0.39, 0.29) is 0 Å². The smallest absolute Gasteiger partial charge is 0.407 e. The van der Waals surface area contributed by atoms with E-state index < -0.39 is 11.9 Å². The van der Waals surface area contributed by atoms with E-state index in [0.717, 1.165) is 19.6 Å². The molecule has 1 aliphatic heterocycles. The molecular formula is C10H19NO4. The predicted molar refractivity (Wildman–Crippen MR) is 54.6 cm³/mol. The van der Waals surface area contributed by atoms with Gasteiger partial charge < -0.3 is 19.5 Å². The van der Waals surface area contributed by atoms with Crippen LogP contribution in [0.3, 0.4) is 0 Å². The standard InChI is InChI=1S/C10H19NO4/c1-3-13-9(12)11-6-5-10(2)14-7-4-8-15-10/h3-8H2,1-2H3,(H,11,12). The number of carbonyl (C=O) groups is 1. The molecule has 0 atom stereocenters. The van der Waals surface area contributed by atoms with E-state index in [4.69, 9.17) is 14.2 Å². The fourth-order valence-electron chi connectivity index (χ4n) is 1.39. The minimum atomic E-state index is -0.558. The van der Waals surface area contributed by atoms with Crippen LogP contribution in [0.1, 0.15) is 26.7 Å². The molecule has 0 bridgehead atoms. The molecule has 88 valence electrons. The lowest BCUT2D eigenvalue weighted by Crippen LogP contribution is -2.41. The van der Waals surface area contributed by atoms with Gasteiger partial charge in [-0.3, -0.25) is 0 Å². The number of rotatable bonds is 4. The zero-order valence-electron chi connectivity index (χ0n) is 9.38. The van der Waals surface area contributed by atoms with Crippen molar-refractivity contribution in [3.05, 3.63) is 0 Å². The predicted octanol–water partition coefficient (Wildman–Crippen LogP) is 1.28. The number of carbonyl (C=O) groups excluding carboxylic acids is 1. The first-order valence-electron chi connectivity index (χ1n) is 5.35. The molecule has 1 fully saturated rings. The first-order valence-corrected chi connectivity index (χ1v) is 5.35. The summed E-state index contributed by atoms with van der Waals surface area (Å²) < 4.78 is 15.7. The van der Waals surface area contributed by atoms with Crippen molar-refractivity contribution in [1.82, 2.24) is 5.32 Å². The third kappa shape index (κ3) is 4.48. The Morgan fingerprint density at radius 3 is 2.73 bits per heavy atom. The summed E-state index contributed by atoms with van der Waals surface area (Å²) in [5.41, 5.74) is 0.